The Kier molecular flexibility index (Phi) is 3.84. The fourth-order valence-electron chi connectivity index (χ4n) is 1.40. The van der Waals surface area contributed by atoms with Crippen LogP contribution in [0, 0.1) is 0 Å². The highest BCUT2D eigenvalue weighted by atomic mass is 32.2. The van der Waals surface area contributed by atoms with Crippen LogP contribution in [0.2, 0.25) is 0 Å². The van der Waals surface area contributed by atoms with Crippen molar-refractivity contribution < 1.29 is 8.42 Å². The fraction of sp³-hybridized carbons (Fsp3) is 0.0909. The van der Waals surface area contributed by atoms with Crippen molar-refractivity contribution in [3.05, 3.63) is 35.7 Å². The second-order valence-electron chi connectivity index (χ2n) is 3.50. The van der Waals surface area contributed by atoms with Gasteiger partial charge in [-0.1, -0.05) is 12.1 Å². The van der Waals surface area contributed by atoms with Gasteiger partial charge in [0.25, 0.3) is 10.0 Å². The Morgan fingerprint density at radius 2 is 2.06 bits per heavy atom. The number of sulfonamides is 1. The zero-order valence-corrected chi connectivity index (χ0v) is 12.0. The molecule has 0 saturated carbocycles. The molecule has 0 unspecified atom stereocenters. The Balaban J connectivity index is 2.33. The first-order chi connectivity index (χ1) is 8.53. The molecule has 0 fully saturated rings. The number of hydrogen-bond acceptors (Lipinski definition) is 5. The average Bonchev–Trinajstić information content (AvgIpc) is 2.77. The summed E-state index contributed by atoms with van der Waals surface area (Å²) in [5.41, 5.74) is 6.58. The first-order valence-electron chi connectivity index (χ1n) is 5.03. The number of nitrogen functional groups attached to an aromatic ring is 1. The van der Waals surface area contributed by atoms with Crippen molar-refractivity contribution >= 4 is 44.5 Å². The highest BCUT2D eigenvalue weighted by Crippen LogP contribution is 2.29. The van der Waals surface area contributed by atoms with Crippen molar-refractivity contribution in [2.75, 3.05) is 16.7 Å². The predicted molar refractivity (Wildman–Crippen MR) is 77.8 cm³/mol. The van der Waals surface area contributed by atoms with Gasteiger partial charge in [0.2, 0.25) is 0 Å². The minimum Gasteiger partial charge on any atom is -0.398 e. The summed E-state index contributed by atoms with van der Waals surface area (Å²) in [4.78, 5) is 0.880. The molecular weight excluding hydrogens is 288 g/mol. The van der Waals surface area contributed by atoms with E-state index in [-0.39, 0.29) is 4.21 Å². The molecular formula is C11H12N2O2S3. The summed E-state index contributed by atoms with van der Waals surface area (Å²) in [7, 11) is -3.55. The molecule has 2 rings (SSSR count). The smallest absolute Gasteiger partial charge is 0.271 e. The maximum Gasteiger partial charge on any atom is 0.271 e. The van der Waals surface area contributed by atoms with Gasteiger partial charge in [-0.05, 0) is 24.5 Å². The molecule has 1 heterocycles. The molecule has 0 amide bonds. The van der Waals surface area contributed by atoms with Crippen LogP contribution in [-0.2, 0) is 10.0 Å². The van der Waals surface area contributed by atoms with Gasteiger partial charge in [-0.2, -0.15) is 0 Å². The van der Waals surface area contributed by atoms with Crippen molar-refractivity contribution in [2.45, 2.75) is 9.10 Å². The molecule has 0 aliphatic heterocycles. The lowest BCUT2D eigenvalue weighted by molar-refractivity contribution is 0.603. The molecule has 0 aliphatic carbocycles. The average molecular weight is 300 g/mol. The number of nitrogens with two attached hydrogens (primary N) is 1. The van der Waals surface area contributed by atoms with Crippen LogP contribution >= 0.6 is 23.1 Å². The summed E-state index contributed by atoms with van der Waals surface area (Å²) in [5.74, 6) is 0. The van der Waals surface area contributed by atoms with E-state index in [9.17, 15) is 8.42 Å². The number of thioether (sulfide) groups is 1. The van der Waals surface area contributed by atoms with Crippen molar-refractivity contribution in [2.24, 2.45) is 0 Å². The third-order valence-corrected chi connectivity index (χ3v) is 5.83. The molecule has 0 bridgehead atoms. The lowest BCUT2D eigenvalue weighted by Crippen LogP contribution is -2.12. The molecule has 0 radical (unpaired) electrons. The molecule has 2 aromatic rings. The van der Waals surface area contributed by atoms with Crippen molar-refractivity contribution in [1.29, 1.82) is 0 Å². The number of hydrogen-bond donors (Lipinski definition) is 2. The molecule has 0 atom stereocenters. The summed E-state index contributed by atoms with van der Waals surface area (Å²) in [5, 5.41) is 1.61. The van der Waals surface area contributed by atoms with Crippen LogP contribution in [0.4, 0.5) is 11.4 Å². The highest BCUT2D eigenvalue weighted by molar-refractivity contribution is 7.99. The van der Waals surface area contributed by atoms with Crippen molar-refractivity contribution in [3.63, 3.8) is 0 Å². The van der Waals surface area contributed by atoms with E-state index in [1.807, 2.05) is 18.4 Å². The zero-order chi connectivity index (χ0) is 13.2. The quantitative estimate of drug-likeness (QED) is 0.852. The van der Waals surface area contributed by atoms with Crippen LogP contribution in [0.3, 0.4) is 0 Å². The maximum atomic E-state index is 12.1. The molecule has 1 aromatic heterocycles. The normalized spacial score (nSPS) is 11.4. The van der Waals surface area contributed by atoms with Gasteiger partial charge in [-0.3, -0.25) is 4.72 Å². The van der Waals surface area contributed by atoms with Gasteiger partial charge in [0.15, 0.2) is 0 Å². The molecule has 4 nitrogen and oxygen atoms in total. The molecule has 0 spiro atoms. The Hall–Kier alpha value is -1.18. The minimum absolute atomic E-state index is 0.218. The monoisotopic (exact) mass is 300 g/mol. The third-order valence-electron chi connectivity index (χ3n) is 2.21. The van der Waals surface area contributed by atoms with E-state index in [0.717, 1.165) is 16.2 Å². The lowest BCUT2D eigenvalue weighted by Gasteiger charge is -2.09. The Morgan fingerprint density at radius 3 is 2.67 bits per heavy atom. The topological polar surface area (TPSA) is 72.2 Å². The van der Waals surface area contributed by atoms with Gasteiger partial charge in [0.05, 0.1) is 5.69 Å². The van der Waals surface area contributed by atoms with Crippen LogP contribution in [0.5, 0.6) is 0 Å². The van der Waals surface area contributed by atoms with E-state index in [1.165, 1.54) is 17.8 Å². The van der Waals surface area contributed by atoms with Crippen LogP contribution in [-0.4, -0.2) is 14.7 Å². The van der Waals surface area contributed by atoms with Crippen LogP contribution < -0.4 is 10.5 Å². The maximum absolute atomic E-state index is 12.1. The van der Waals surface area contributed by atoms with Crippen LogP contribution in [0.25, 0.3) is 0 Å². The molecule has 0 saturated heterocycles. The predicted octanol–water partition coefficient (Wildman–Crippen LogP) is 2.85. The van der Waals surface area contributed by atoms with E-state index in [2.05, 4.69) is 4.72 Å². The molecule has 0 aliphatic rings. The lowest BCUT2D eigenvalue weighted by atomic mass is 10.3. The number of thiophene rings is 1. The van der Waals surface area contributed by atoms with Crippen molar-refractivity contribution in [1.82, 2.24) is 0 Å². The van der Waals surface area contributed by atoms with Gasteiger partial charge >= 0.3 is 0 Å². The zero-order valence-electron chi connectivity index (χ0n) is 9.58. The molecule has 7 heteroatoms. The minimum atomic E-state index is -3.55. The van der Waals surface area contributed by atoms with Crippen molar-refractivity contribution in [3.8, 4) is 0 Å². The summed E-state index contributed by atoms with van der Waals surface area (Å²) in [6.07, 6.45) is 1.90. The number of nitrogens with one attached hydrogen (secondary N) is 1. The number of anilines is 2. The van der Waals surface area contributed by atoms with E-state index >= 15 is 0 Å². The third kappa shape index (κ3) is 2.80. The summed E-state index contributed by atoms with van der Waals surface area (Å²) < 4.78 is 27.0. The van der Waals surface area contributed by atoms with Gasteiger partial charge in [0, 0.05) is 16.0 Å². The molecule has 18 heavy (non-hydrogen) atoms. The molecule has 3 N–H and O–H groups in total. The first-order valence-corrected chi connectivity index (χ1v) is 8.61. The van der Waals surface area contributed by atoms with Crippen LogP contribution in [0.1, 0.15) is 0 Å². The van der Waals surface area contributed by atoms with Crippen LogP contribution in [0.15, 0.2) is 44.8 Å². The SMILES string of the molecule is CSc1ccccc1NS(=O)(=O)c1cc(N)cs1. The Morgan fingerprint density at radius 1 is 1.33 bits per heavy atom. The standard InChI is InChI=1S/C11H12N2O2S3/c1-16-10-5-3-2-4-9(10)13-18(14,15)11-6-8(12)7-17-11/h2-7,13H,12H2,1H3. The van der Waals surface area contributed by atoms with Gasteiger partial charge in [-0.25, -0.2) is 8.42 Å². The van der Waals surface area contributed by atoms with E-state index in [1.54, 1.807) is 17.5 Å². The van der Waals surface area contributed by atoms with E-state index < -0.39 is 10.0 Å². The summed E-state index contributed by atoms with van der Waals surface area (Å²) in [6, 6.07) is 8.72. The molecule has 1 aromatic carbocycles. The number of para-hydroxylation sites is 1. The van der Waals surface area contributed by atoms with E-state index in [4.69, 9.17) is 5.73 Å². The summed E-state index contributed by atoms with van der Waals surface area (Å²) >= 11 is 2.60. The van der Waals surface area contributed by atoms with E-state index in [0.29, 0.717) is 11.4 Å². The second-order valence-corrected chi connectivity index (χ2v) is 7.17. The number of benzene rings is 1. The Bertz CT molecular complexity index is 650. The fourth-order valence-corrected chi connectivity index (χ4v) is 4.17. The molecule has 96 valence electrons. The second kappa shape index (κ2) is 5.21. The van der Waals surface area contributed by atoms with Gasteiger partial charge in [-0.15, -0.1) is 23.1 Å². The first kappa shape index (κ1) is 13.3. The Labute approximate surface area is 114 Å². The number of rotatable bonds is 4. The largest absolute Gasteiger partial charge is 0.398 e. The summed E-state index contributed by atoms with van der Waals surface area (Å²) in [6.45, 7) is 0. The van der Waals surface area contributed by atoms with Gasteiger partial charge in [0.1, 0.15) is 4.21 Å². The highest BCUT2D eigenvalue weighted by Gasteiger charge is 2.17. The van der Waals surface area contributed by atoms with Gasteiger partial charge < -0.3 is 5.73 Å².